The highest BCUT2D eigenvalue weighted by molar-refractivity contribution is 9.10. The van der Waals surface area contributed by atoms with Gasteiger partial charge in [0.05, 0.1) is 6.54 Å². The summed E-state index contributed by atoms with van der Waals surface area (Å²) in [5.41, 5.74) is 8.17. The van der Waals surface area contributed by atoms with Gasteiger partial charge in [-0.15, -0.1) is 0 Å². The van der Waals surface area contributed by atoms with Crippen LogP contribution < -0.4 is 11.1 Å². The Morgan fingerprint density at radius 3 is 2.63 bits per heavy atom. The summed E-state index contributed by atoms with van der Waals surface area (Å²) in [6.07, 6.45) is 3.35. The molecule has 2 atom stereocenters. The molecule has 0 unspecified atom stereocenters. The van der Waals surface area contributed by atoms with Gasteiger partial charge in [0.1, 0.15) is 29.2 Å². The zero-order chi connectivity index (χ0) is 27.0. The van der Waals surface area contributed by atoms with E-state index in [1.807, 2.05) is 12.1 Å². The van der Waals surface area contributed by atoms with Gasteiger partial charge in [0.15, 0.2) is 5.78 Å². The molecule has 0 aliphatic carbocycles. The number of halogens is 2. The van der Waals surface area contributed by atoms with Crippen molar-refractivity contribution in [3.63, 3.8) is 0 Å². The molecule has 194 valence electrons. The predicted molar refractivity (Wildman–Crippen MR) is 143 cm³/mol. The minimum atomic E-state index is -1.33. The number of Topliss-reactive ketones (excluding diaryl/α,β-unsaturated/α-hetero) is 1. The third-order valence-corrected chi connectivity index (χ3v) is 6.85. The van der Waals surface area contributed by atoms with Crippen LogP contribution in [0.3, 0.4) is 0 Å². The molecule has 0 spiro atoms. The maximum Gasteiger partial charge on any atom is 0.248 e. The van der Waals surface area contributed by atoms with Gasteiger partial charge in [-0.3, -0.25) is 14.4 Å². The molecule has 3 N–H and O–H groups in total. The third-order valence-electron chi connectivity index (χ3n) is 6.41. The first-order valence-electron chi connectivity index (χ1n) is 11.8. The van der Waals surface area contributed by atoms with Gasteiger partial charge in [-0.05, 0) is 52.7 Å². The minimum Gasteiger partial charge on any atom is -0.368 e. The van der Waals surface area contributed by atoms with Crippen LogP contribution in [0.4, 0.5) is 16.2 Å². The number of likely N-dealkylation sites (tertiary alicyclic amines) is 1. The lowest BCUT2D eigenvalue weighted by Gasteiger charge is -2.24. The molecule has 3 aromatic heterocycles. The molecule has 1 fully saturated rings. The van der Waals surface area contributed by atoms with Crippen LogP contribution in [0, 0.1) is 0 Å². The lowest BCUT2D eigenvalue weighted by Crippen LogP contribution is -2.44. The normalized spacial score (nSPS) is 17.1. The molecule has 0 saturated carbocycles. The van der Waals surface area contributed by atoms with Gasteiger partial charge in [-0.2, -0.15) is 0 Å². The largest absolute Gasteiger partial charge is 0.368 e. The quantitative estimate of drug-likeness (QED) is 0.263. The summed E-state index contributed by atoms with van der Waals surface area (Å²) in [5.74, 6) is -0.669. The number of hydrogen-bond acceptors (Lipinski definition) is 7. The molecule has 4 heterocycles. The zero-order valence-corrected chi connectivity index (χ0v) is 21.9. The molecule has 0 radical (unpaired) electrons. The standard InChI is InChI=1S/C26H23BrFN7O3/c1-14(36)19-12-34(20-6-5-15(7-18(19)20)16-9-30-26(29)31-10-16)13-24(37)35-11-17(28)8-21(35)25(38)33-23-4-2-3-22(27)32-23/h2-7,9-10,12,17,21H,8,11,13H2,1H3,(H2,29,30,31)(H,32,33,38)/t17-,21+/m1/s1. The van der Waals surface area contributed by atoms with Crippen molar-refractivity contribution in [3.8, 4) is 11.1 Å². The number of nitrogen functional groups attached to an aromatic ring is 1. The van der Waals surface area contributed by atoms with E-state index in [9.17, 15) is 18.8 Å². The summed E-state index contributed by atoms with van der Waals surface area (Å²) >= 11 is 3.24. The number of hydrogen-bond donors (Lipinski definition) is 2. The summed E-state index contributed by atoms with van der Waals surface area (Å²) in [4.78, 5) is 52.2. The Kier molecular flexibility index (Phi) is 6.89. The Hall–Kier alpha value is -4.19. The average Bonchev–Trinajstić information content (AvgIpc) is 3.45. The second kappa shape index (κ2) is 10.3. The molecule has 0 bridgehead atoms. The van der Waals surface area contributed by atoms with Crippen molar-refractivity contribution in [2.75, 3.05) is 17.6 Å². The van der Waals surface area contributed by atoms with E-state index in [2.05, 4.69) is 36.2 Å². The van der Waals surface area contributed by atoms with Gasteiger partial charge in [0.2, 0.25) is 17.8 Å². The van der Waals surface area contributed by atoms with Crippen LogP contribution in [0.2, 0.25) is 0 Å². The van der Waals surface area contributed by atoms with Gasteiger partial charge in [0, 0.05) is 47.0 Å². The summed E-state index contributed by atoms with van der Waals surface area (Å²) in [5, 5.41) is 3.31. The first kappa shape index (κ1) is 25.5. The van der Waals surface area contributed by atoms with E-state index in [4.69, 9.17) is 5.73 Å². The number of carbonyl (C=O) groups is 3. The molecule has 5 rings (SSSR count). The fourth-order valence-corrected chi connectivity index (χ4v) is 4.95. The highest BCUT2D eigenvalue weighted by Crippen LogP contribution is 2.29. The van der Waals surface area contributed by atoms with E-state index in [-0.39, 0.29) is 31.2 Å². The second-order valence-electron chi connectivity index (χ2n) is 9.02. The van der Waals surface area contributed by atoms with Crippen molar-refractivity contribution in [2.24, 2.45) is 0 Å². The van der Waals surface area contributed by atoms with Crippen LogP contribution >= 0.6 is 15.9 Å². The molecule has 10 nitrogen and oxygen atoms in total. The second-order valence-corrected chi connectivity index (χ2v) is 9.83. The molecule has 38 heavy (non-hydrogen) atoms. The zero-order valence-electron chi connectivity index (χ0n) is 20.3. The molecule has 1 aliphatic heterocycles. The number of fused-ring (bicyclic) bond motifs is 1. The molecule has 4 aromatic rings. The van der Waals surface area contributed by atoms with Crippen LogP contribution in [0.25, 0.3) is 22.0 Å². The number of aromatic nitrogens is 4. The van der Waals surface area contributed by atoms with Crippen LogP contribution in [-0.4, -0.2) is 60.8 Å². The minimum absolute atomic E-state index is 0.107. The molecule has 1 saturated heterocycles. The summed E-state index contributed by atoms with van der Waals surface area (Å²) < 4.78 is 16.6. The van der Waals surface area contributed by atoms with Gasteiger partial charge in [-0.25, -0.2) is 19.3 Å². The predicted octanol–water partition coefficient (Wildman–Crippen LogP) is 3.62. The Morgan fingerprint density at radius 2 is 1.92 bits per heavy atom. The van der Waals surface area contributed by atoms with Gasteiger partial charge >= 0.3 is 0 Å². The molecule has 2 amide bonds. The number of rotatable bonds is 6. The number of nitrogens with zero attached hydrogens (tertiary/aromatic N) is 5. The van der Waals surface area contributed by atoms with E-state index in [0.29, 0.717) is 26.9 Å². The maximum atomic E-state index is 14.4. The first-order valence-corrected chi connectivity index (χ1v) is 12.6. The average molecular weight is 580 g/mol. The Morgan fingerprint density at radius 1 is 1.16 bits per heavy atom. The van der Waals surface area contributed by atoms with E-state index in [1.54, 1.807) is 47.4 Å². The number of carbonyl (C=O) groups excluding carboxylic acids is 3. The third kappa shape index (κ3) is 5.12. The maximum absolute atomic E-state index is 14.4. The Balaban J connectivity index is 1.41. The number of ketones is 1. The number of pyridine rings is 1. The van der Waals surface area contributed by atoms with Gasteiger partial charge in [-0.1, -0.05) is 12.1 Å². The van der Waals surface area contributed by atoms with Crippen molar-refractivity contribution >= 4 is 56.2 Å². The van der Waals surface area contributed by atoms with Crippen LogP contribution in [-0.2, 0) is 16.1 Å². The monoisotopic (exact) mass is 579 g/mol. The van der Waals surface area contributed by atoms with Crippen molar-refractivity contribution in [2.45, 2.75) is 32.1 Å². The highest BCUT2D eigenvalue weighted by Gasteiger charge is 2.40. The number of anilines is 2. The Bertz CT molecular complexity index is 1560. The Labute approximate surface area is 225 Å². The van der Waals surface area contributed by atoms with Crippen molar-refractivity contribution in [3.05, 3.63) is 65.2 Å². The van der Waals surface area contributed by atoms with Crippen molar-refractivity contribution < 1.29 is 18.8 Å². The van der Waals surface area contributed by atoms with Gasteiger partial charge < -0.3 is 20.5 Å². The molecular weight excluding hydrogens is 557 g/mol. The van der Waals surface area contributed by atoms with Crippen molar-refractivity contribution in [1.82, 2.24) is 24.4 Å². The number of nitrogens with two attached hydrogens (primary N) is 1. The number of benzene rings is 1. The molecular formula is C26H23BrFN7O3. The number of nitrogens with one attached hydrogen (secondary N) is 1. The molecule has 1 aliphatic rings. The number of amides is 2. The van der Waals surface area contributed by atoms with Crippen molar-refractivity contribution in [1.29, 1.82) is 0 Å². The SMILES string of the molecule is CC(=O)c1cn(CC(=O)N2C[C@H](F)C[C@H]2C(=O)Nc2cccc(Br)n2)c2ccc(-c3cnc(N)nc3)cc12. The lowest BCUT2D eigenvalue weighted by atomic mass is 10.0. The smallest absolute Gasteiger partial charge is 0.248 e. The van der Waals surface area contributed by atoms with E-state index < -0.39 is 24.0 Å². The summed E-state index contributed by atoms with van der Waals surface area (Å²) in [6, 6.07) is 9.50. The molecule has 12 heteroatoms. The van der Waals surface area contributed by atoms with E-state index in [1.165, 1.54) is 11.8 Å². The van der Waals surface area contributed by atoms with Crippen LogP contribution in [0.1, 0.15) is 23.7 Å². The summed E-state index contributed by atoms with van der Waals surface area (Å²) in [7, 11) is 0. The lowest BCUT2D eigenvalue weighted by molar-refractivity contribution is -0.137. The summed E-state index contributed by atoms with van der Waals surface area (Å²) in [6.45, 7) is 1.09. The van der Waals surface area contributed by atoms with Crippen LogP contribution in [0.15, 0.2) is 59.6 Å². The van der Waals surface area contributed by atoms with E-state index in [0.717, 1.165) is 11.1 Å². The fraction of sp³-hybridized carbons (Fsp3) is 0.231. The topological polar surface area (TPSA) is 136 Å². The van der Waals surface area contributed by atoms with E-state index >= 15 is 0 Å². The van der Waals surface area contributed by atoms with Crippen LogP contribution in [0.5, 0.6) is 0 Å². The fourth-order valence-electron chi connectivity index (χ4n) is 4.61. The van der Waals surface area contributed by atoms with Gasteiger partial charge in [0.25, 0.3) is 0 Å². The molecule has 1 aromatic carbocycles. The first-order chi connectivity index (χ1) is 18.2. The number of alkyl halides is 1. The highest BCUT2D eigenvalue weighted by atomic mass is 79.9.